The highest BCUT2D eigenvalue weighted by Crippen LogP contribution is 2.28. The lowest BCUT2D eigenvalue weighted by atomic mass is 10.2. The maximum Gasteiger partial charge on any atom is 0.191 e. The lowest BCUT2D eigenvalue weighted by Gasteiger charge is -2.17. The van der Waals surface area contributed by atoms with E-state index in [-0.39, 0.29) is 24.0 Å². The van der Waals surface area contributed by atoms with Crippen LogP contribution in [0.2, 0.25) is 0 Å². The van der Waals surface area contributed by atoms with Crippen molar-refractivity contribution in [1.82, 2.24) is 25.4 Å². The van der Waals surface area contributed by atoms with Crippen molar-refractivity contribution >= 4 is 41.7 Å². The van der Waals surface area contributed by atoms with Crippen molar-refractivity contribution in [3.8, 4) is 0 Å². The number of guanidine groups is 1. The van der Waals surface area contributed by atoms with Crippen LogP contribution in [0.1, 0.15) is 50.2 Å². The van der Waals surface area contributed by atoms with Crippen LogP contribution in [-0.2, 0) is 19.5 Å². The molecule has 8 heteroatoms. The molecule has 0 aromatic carbocycles. The topological polar surface area (TPSA) is 67.1 Å². The van der Waals surface area contributed by atoms with E-state index in [1.54, 1.807) is 0 Å². The molecule has 1 fully saturated rings. The third-order valence-electron chi connectivity index (χ3n) is 4.88. The maximum absolute atomic E-state index is 4.37. The van der Waals surface area contributed by atoms with Crippen molar-refractivity contribution in [3.63, 3.8) is 0 Å². The smallest absolute Gasteiger partial charge is 0.191 e. The first-order chi connectivity index (χ1) is 11.3. The van der Waals surface area contributed by atoms with Gasteiger partial charge in [-0.2, -0.15) is 11.8 Å². The Morgan fingerprint density at radius 1 is 1.29 bits per heavy atom. The zero-order chi connectivity index (χ0) is 16.1. The van der Waals surface area contributed by atoms with Crippen LogP contribution < -0.4 is 10.6 Å². The summed E-state index contributed by atoms with van der Waals surface area (Å²) < 4.78 is 2.28. The van der Waals surface area contributed by atoms with Gasteiger partial charge in [0.05, 0.1) is 6.54 Å². The quantitative estimate of drug-likeness (QED) is 0.408. The predicted octanol–water partition coefficient (Wildman–Crippen LogP) is 2.57. The normalized spacial score (nSPS) is 24.0. The Hall–Kier alpha value is -0.510. The number of hydrogen-bond acceptors (Lipinski definition) is 4. The molecule has 136 valence electrons. The average molecular weight is 464 g/mol. The van der Waals surface area contributed by atoms with E-state index in [0.717, 1.165) is 35.8 Å². The van der Waals surface area contributed by atoms with Crippen LogP contribution in [0, 0.1) is 0 Å². The molecule has 2 atom stereocenters. The summed E-state index contributed by atoms with van der Waals surface area (Å²) in [7, 11) is 1.83. The summed E-state index contributed by atoms with van der Waals surface area (Å²) in [5.41, 5.74) is 0. The number of halogens is 1. The SMILES string of the molecule is CN=C(NCc1nnc2n1CCCCC2)NC1CCC(SC)C1.I. The van der Waals surface area contributed by atoms with Gasteiger partial charge in [0.2, 0.25) is 0 Å². The van der Waals surface area contributed by atoms with E-state index in [1.165, 1.54) is 38.5 Å². The predicted molar refractivity (Wildman–Crippen MR) is 111 cm³/mol. The molecule has 2 N–H and O–H groups in total. The number of thioether (sulfide) groups is 1. The number of aromatic nitrogens is 3. The summed E-state index contributed by atoms with van der Waals surface area (Å²) in [6, 6.07) is 0.536. The first-order valence-corrected chi connectivity index (χ1v) is 10.00. The molecule has 24 heavy (non-hydrogen) atoms. The van der Waals surface area contributed by atoms with E-state index >= 15 is 0 Å². The fourth-order valence-electron chi connectivity index (χ4n) is 3.51. The van der Waals surface area contributed by atoms with E-state index < -0.39 is 0 Å². The molecule has 1 aromatic heterocycles. The van der Waals surface area contributed by atoms with Gasteiger partial charge in [0.25, 0.3) is 0 Å². The van der Waals surface area contributed by atoms with Gasteiger partial charge in [-0.3, -0.25) is 4.99 Å². The minimum Gasteiger partial charge on any atom is -0.354 e. The van der Waals surface area contributed by atoms with Gasteiger partial charge in [-0.25, -0.2) is 0 Å². The van der Waals surface area contributed by atoms with Crippen LogP contribution in [0.15, 0.2) is 4.99 Å². The average Bonchev–Trinajstić information content (AvgIpc) is 3.11. The van der Waals surface area contributed by atoms with Gasteiger partial charge >= 0.3 is 0 Å². The van der Waals surface area contributed by atoms with E-state index in [0.29, 0.717) is 12.6 Å². The maximum atomic E-state index is 4.37. The van der Waals surface area contributed by atoms with Crippen molar-refractivity contribution in [1.29, 1.82) is 0 Å². The summed E-state index contributed by atoms with van der Waals surface area (Å²) >= 11 is 1.98. The molecule has 1 aliphatic carbocycles. The highest BCUT2D eigenvalue weighted by atomic mass is 127. The third kappa shape index (κ3) is 5.00. The molecular weight excluding hydrogens is 435 g/mol. The molecule has 1 aliphatic heterocycles. The standard InChI is InChI=1S/C16H28N6S.HI/c1-17-16(19-12-7-8-13(10-12)23-2)18-11-15-21-20-14-6-4-3-5-9-22(14)15;/h12-13H,3-11H2,1-2H3,(H2,17,18,19);1H. The number of fused-ring (bicyclic) bond motifs is 1. The van der Waals surface area contributed by atoms with Crippen molar-refractivity contribution in [2.45, 2.75) is 69.3 Å². The van der Waals surface area contributed by atoms with Crippen LogP contribution >= 0.6 is 35.7 Å². The summed E-state index contributed by atoms with van der Waals surface area (Å²) in [5.74, 6) is 3.04. The monoisotopic (exact) mass is 464 g/mol. The second kappa shape index (κ2) is 9.84. The van der Waals surface area contributed by atoms with Gasteiger partial charge in [0.15, 0.2) is 11.8 Å². The van der Waals surface area contributed by atoms with Crippen LogP contribution in [0.25, 0.3) is 0 Å². The molecule has 0 spiro atoms. The number of nitrogens with one attached hydrogen (secondary N) is 2. The largest absolute Gasteiger partial charge is 0.354 e. The van der Waals surface area contributed by atoms with Crippen molar-refractivity contribution in [2.75, 3.05) is 13.3 Å². The zero-order valence-corrected chi connectivity index (χ0v) is 17.8. The summed E-state index contributed by atoms with van der Waals surface area (Å²) in [6.07, 6.45) is 10.8. The summed E-state index contributed by atoms with van der Waals surface area (Å²) in [5, 5.41) is 16.5. The van der Waals surface area contributed by atoms with E-state index in [9.17, 15) is 0 Å². The summed E-state index contributed by atoms with van der Waals surface area (Å²) in [4.78, 5) is 4.36. The Labute approximate surface area is 166 Å². The van der Waals surface area contributed by atoms with E-state index in [4.69, 9.17) is 0 Å². The van der Waals surface area contributed by atoms with Gasteiger partial charge in [-0.15, -0.1) is 34.2 Å². The number of aryl methyl sites for hydroxylation is 1. The Morgan fingerprint density at radius 3 is 2.92 bits per heavy atom. The van der Waals surface area contributed by atoms with Gasteiger partial charge < -0.3 is 15.2 Å². The molecule has 1 saturated carbocycles. The van der Waals surface area contributed by atoms with Crippen molar-refractivity contribution < 1.29 is 0 Å². The van der Waals surface area contributed by atoms with Gasteiger partial charge in [-0.05, 0) is 38.4 Å². The number of rotatable bonds is 4. The van der Waals surface area contributed by atoms with Gasteiger partial charge in [-0.1, -0.05) is 6.42 Å². The Morgan fingerprint density at radius 2 is 2.17 bits per heavy atom. The Kier molecular flexibility index (Phi) is 8.12. The Bertz CT molecular complexity index is 547. The number of aliphatic imine (C=N–C) groups is 1. The van der Waals surface area contributed by atoms with E-state index in [1.807, 2.05) is 18.8 Å². The zero-order valence-electron chi connectivity index (χ0n) is 14.6. The minimum absolute atomic E-state index is 0. The Balaban J connectivity index is 0.00000208. The fraction of sp³-hybridized carbons (Fsp3) is 0.812. The molecule has 0 bridgehead atoms. The lowest BCUT2D eigenvalue weighted by molar-refractivity contribution is 0.586. The molecule has 2 unspecified atom stereocenters. The van der Waals surface area contributed by atoms with Crippen LogP contribution in [0.4, 0.5) is 0 Å². The molecular formula is C16H29IN6S. The van der Waals surface area contributed by atoms with Crippen molar-refractivity contribution in [3.05, 3.63) is 11.6 Å². The first-order valence-electron chi connectivity index (χ1n) is 8.71. The van der Waals surface area contributed by atoms with Crippen molar-refractivity contribution in [2.24, 2.45) is 4.99 Å². The first kappa shape index (κ1) is 19.8. The summed E-state index contributed by atoms with van der Waals surface area (Å²) in [6.45, 7) is 1.73. The molecule has 2 heterocycles. The molecule has 2 aliphatic rings. The minimum atomic E-state index is 0. The number of hydrogen-bond donors (Lipinski definition) is 2. The molecule has 0 radical (unpaired) electrons. The molecule has 6 nitrogen and oxygen atoms in total. The highest BCUT2D eigenvalue weighted by Gasteiger charge is 2.24. The highest BCUT2D eigenvalue weighted by molar-refractivity contribution is 14.0. The molecule has 0 saturated heterocycles. The van der Waals surface area contributed by atoms with Crippen LogP contribution in [-0.4, -0.2) is 45.3 Å². The second-order valence-electron chi connectivity index (χ2n) is 6.43. The fourth-order valence-corrected chi connectivity index (χ4v) is 4.31. The van der Waals surface area contributed by atoms with Gasteiger partial charge in [0.1, 0.15) is 5.82 Å². The molecule has 0 amide bonds. The van der Waals surface area contributed by atoms with Gasteiger partial charge in [0, 0.05) is 31.3 Å². The lowest BCUT2D eigenvalue weighted by Crippen LogP contribution is -2.42. The van der Waals surface area contributed by atoms with Crippen LogP contribution in [0.3, 0.4) is 0 Å². The molecule has 3 rings (SSSR count). The van der Waals surface area contributed by atoms with Crippen LogP contribution in [0.5, 0.6) is 0 Å². The third-order valence-corrected chi connectivity index (χ3v) is 5.98. The van der Waals surface area contributed by atoms with E-state index in [2.05, 4.69) is 36.6 Å². The molecule has 1 aromatic rings. The number of nitrogens with zero attached hydrogens (tertiary/aromatic N) is 4. The second-order valence-corrected chi connectivity index (χ2v) is 7.57.